The monoisotopic (exact) mass is 112 g/mol. The van der Waals surface area contributed by atoms with Crippen LogP contribution in [0.4, 0.5) is 0 Å². The molecule has 0 unspecified atom stereocenters. The molecule has 1 aliphatic rings. The van der Waals surface area contributed by atoms with Gasteiger partial charge in [-0.05, 0) is 12.8 Å². The molecular formula is C6H12N2. The predicted molar refractivity (Wildman–Crippen MR) is 34.1 cm³/mol. The highest BCUT2D eigenvalue weighted by molar-refractivity contribution is 4.80. The van der Waals surface area contributed by atoms with Crippen molar-refractivity contribution in [1.29, 1.82) is 0 Å². The van der Waals surface area contributed by atoms with Crippen LogP contribution in [0.15, 0.2) is 12.4 Å². The molecule has 46 valence electrons. The minimum absolute atomic E-state index is 1.19. The Bertz CT molecular complexity index is 82.5. The Balaban J connectivity index is 2.24. The number of rotatable bonds is 1. The number of nitrogens with two attached hydrogens (primary N) is 1. The fraction of sp³-hybridized carbons (Fsp3) is 0.667. The minimum Gasteiger partial charge on any atom is -0.403 e. The van der Waals surface area contributed by atoms with Crippen molar-refractivity contribution in [1.82, 2.24) is 4.90 Å². The lowest BCUT2D eigenvalue weighted by Crippen LogP contribution is -2.10. The molecule has 0 spiro atoms. The minimum atomic E-state index is 1.19. The number of hydrogen-bond donors (Lipinski definition) is 1. The summed E-state index contributed by atoms with van der Waals surface area (Å²) in [5.41, 5.74) is 5.19. The predicted octanol–water partition coefficient (Wildman–Crippen LogP) is 0.512. The third-order valence-corrected chi connectivity index (χ3v) is 1.44. The molecular weight excluding hydrogens is 100 g/mol. The summed E-state index contributed by atoms with van der Waals surface area (Å²) < 4.78 is 0. The van der Waals surface area contributed by atoms with Gasteiger partial charge in [0, 0.05) is 25.5 Å². The van der Waals surface area contributed by atoms with Gasteiger partial charge in [-0.2, -0.15) is 0 Å². The maximum absolute atomic E-state index is 5.19. The summed E-state index contributed by atoms with van der Waals surface area (Å²) in [5.74, 6) is 0. The molecule has 1 rings (SSSR count). The molecule has 0 aromatic rings. The molecule has 8 heavy (non-hydrogen) atoms. The zero-order valence-corrected chi connectivity index (χ0v) is 5.01. The van der Waals surface area contributed by atoms with Gasteiger partial charge in [-0.25, -0.2) is 0 Å². The van der Waals surface area contributed by atoms with Crippen LogP contribution < -0.4 is 5.73 Å². The molecule has 1 saturated heterocycles. The Morgan fingerprint density at radius 2 is 1.88 bits per heavy atom. The lowest BCUT2D eigenvalue weighted by atomic mass is 10.4. The Hall–Kier alpha value is -0.660. The Labute approximate surface area is 50.0 Å². The van der Waals surface area contributed by atoms with E-state index in [1.807, 2.05) is 6.20 Å². The van der Waals surface area contributed by atoms with Crippen LogP contribution in [-0.2, 0) is 0 Å². The van der Waals surface area contributed by atoms with Gasteiger partial charge in [0.05, 0.1) is 0 Å². The van der Waals surface area contributed by atoms with Gasteiger partial charge in [-0.1, -0.05) is 0 Å². The summed E-state index contributed by atoms with van der Waals surface area (Å²) in [6.45, 7) is 2.38. The van der Waals surface area contributed by atoms with Crippen LogP contribution in [0, 0.1) is 0 Å². The van der Waals surface area contributed by atoms with Gasteiger partial charge in [0.2, 0.25) is 0 Å². The van der Waals surface area contributed by atoms with E-state index in [2.05, 4.69) is 4.90 Å². The largest absolute Gasteiger partial charge is 0.403 e. The van der Waals surface area contributed by atoms with E-state index in [1.165, 1.54) is 25.9 Å². The maximum atomic E-state index is 5.19. The highest BCUT2D eigenvalue weighted by atomic mass is 15.1. The van der Waals surface area contributed by atoms with E-state index in [9.17, 15) is 0 Å². The first-order chi connectivity index (χ1) is 3.93. The number of nitrogens with zero attached hydrogens (tertiary/aromatic N) is 1. The molecule has 2 nitrogen and oxygen atoms in total. The van der Waals surface area contributed by atoms with Crippen LogP contribution in [0.3, 0.4) is 0 Å². The maximum Gasteiger partial charge on any atom is 0.0173 e. The van der Waals surface area contributed by atoms with E-state index >= 15 is 0 Å². The van der Waals surface area contributed by atoms with E-state index in [0.717, 1.165) is 0 Å². The van der Waals surface area contributed by atoms with Crippen molar-refractivity contribution in [3.8, 4) is 0 Å². The molecule has 0 aliphatic carbocycles. The van der Waals surface area contributed by atoms with Crippen LogP contribution in [0.2, 0.25) is 0 Å². The van der Waals surface area contributed by atoms with E-state index in [4.69, 9.17) is 5.73 Å². The second-order valence-electron chi connectivity index (χ2n) is 2.08. The Kier molecular flexibility index (Phi) is 1.78. The zero-order valence-electron chi connectivity index (χ0n) is 5.01. The first kappa shape index (κ1) is 5.48. The second kappa shape index (κ2) is 2.60. The molecule has 2 heteroatoms. The van der Waals surface area contributed by atoms with Gasteiger partial charge in [-0.15, -0.1) is 0 Å². The summed E-state index contributed by atoms with van der Waals surface area (Å²) in [7, 11) is 0. The molecule has 0 aromatic heterocycles. The van der Waals surface area contributed by atoms with Crippen LogP contribution in [0.1, 0.15) is 12.8 Å². The third-order valence-electron chi connectivity index (χ3n) is 1.44. The molecule has 0 bridgehead atoms. The van der Waals surface area contributed by atoms with Crippen molar-refractivity contribution in [2.45, 2.75) is 12.8 Å². The van der Waals surface area contributed by atoms with Crippen LogP contribution in [-0.4, -0.2) is 18.0 Å². The van der Waals surface area contributed by atoms with Gasteiger partial charge in [0.25, 0.3) is 0 Å². The van der Waals surface area contributed by atoms with Crippen molar-refractivity contribution >= 4 is 0 Å². The number of hydrogen-bond acceptors (Lipinski definition) is 2. The van der Waals surface area contributed by atoms with Crippen LogP contribution >= 0.6 is 0 Å². The van der Waals surface area contributed by atoms with Gasteiger partial charge in [0.1, 0.15) is 0 Å². The fourth-order valence-electron chi connectivity index (χ4n) is 1.01. The smallest absolute Gasteiger partial charge is 0.0173 e. The summed E-state index contributed by atoms with van der Waals surface area (Å²) in [5, 5.41) is 0. The highest BCUT2D eigenvalue weighted by Crippen LogP contribution is 2.05. The molecule has 0 amide bonds. The number of likely N-dealkylation sites (tertiary alicyclic amines) is 1. The lowest BCUT2D eigenvalue weighted by molar-refractivity contribution is 0.467. The van der Waals surface area contributed by atoms with E-state index in [-0.39, 0.29) is 0 Å². The van der Waals surface area contributed by atoms with Crippen molar-refractivity contribution < 1.29 is 0 Å². The molecule has 0 aromatic carbocycles. The molecule has 2 N–H and O–H groups in total. The summed E-state index contributed by atoms with van der Waals surface area (Å²) in [6, 6.07) is 0. The normalized spacial score (nSPS) is 20.8. The molecule has 1 aliphatic heterocycles. The SMILES string of the molecule is NC=CN1CCCC1. The first-order valence-corrected chi connectivity index (χ1v) is 3.06. The van der Waals surface area contributed by atoms with E-state index in [0.29, 0.717) is 0 Å². The van der Waals surface area contributed by atoms with Crippen molar-refractivity contribution in [2.24, 2.45) is 5.73 Å². The third kappa shape index (κ3) is 1.15. The average molecular weight is 112 g/mol. The second-order valence-corrected chi connectivity index (χ2v) is 2.08. The molecule has 0 saturated carbocycles. The first-order valence-electron chi connectivity index (χ1n) is 3.06. The van der Waals surface area contributed by atoms with E-state index < -0.39 is 0 Å². The standard InChI is InChI=1S/C6H12N2/c7-3-6-8-4-1-2-5-8/h3,6H,1-2,4-5,7H2. The van der Waals surface area contributed by atoms with Crippen molar-refractivity contribution in [3.05, 3.63) is 12.4 Å². The Morgan fingerprint density at radius 1 is 1.25 bits per heavy atom. The molecule has 0 radical (unpaired) electrons. The highest BCUT2D eigenvalue weighted by Gasteiger charge is 2.04. The summed E-state index contributed by atoms with van der Waals surface area (Å²) in [4.78, 5) is 2.24. The zero-order chi connectivity index (χ0) is 5.82. The fourth-order valence-corrected chi connectivity index (χ4v) is 1.01. The summed E-state index contributed by atoms with van der Waals surface area (Å²) in [6.07, 6.45) is 6.20. The lowest BCUT2D eigenvalue weighted by Gasteiger charge is -2.08. The quantitative estimate of drug-likeness (QED) is 0.535. The Morgan fingerprint density at radius 3 is 2.38 bits per heavy atom. The molecule has 0 atom stereocenters. The topological polar surface area (TPSA) is 29.3 Å². The summed E-state index contributed by atoms with van der Waals surface area (Å²) >= 11 is 0. The van der Waals surface area contributed by atoms with Crippen LogP contribution in [0.25, 0.3) is 0 Å². The van der Waals surface area contributed by atoms with Gasteiger partial charge >= 0.3 is 0 Å². The van der Waals surface area contributed by atoms with Crippen molar-refractivity contribution in [3.63, 3.8) is 0 Å². The average Bonchev–Trinajstić information content (AvgIpc) is 2.19. The van der Waals surface area contributed by atoms with Gasteiger partial charge in [-0.3, -0.25) is 0 Å². The van der Waals surface area contributed by atoms with Gasteiger partial charge in [0.15, 0.2) is 0 Å². The molecule has 1 heterocycles. The van der Waals surface area contributed by atoms with Crippen LogP contribution in [0.5, 0.6) is 0 Å². The van der Waals surface area contributed by atoms with Crippen molar-refractivity contribution in [2.75, 3.05) is 13.1 Å². The molecule has 1 fully saturated rings. The van der Waals surface area contributed by atoms with Gasteiger partial charge < -0.3 is 10.6 Å². The van der Waals surface area contributed by atoms with E-state index in [1.54, 1.807) is 6.20 Å².